The highest BCUT2D eigenvalue weighted by molar-refractivity contribution is 7.89. The Morgan fingerprint density at radius 2 is 2.39 bits per heavy atom. The van der Waals surface area contributed by atoms with Crippen molar-refractivity contribution < 1.29 is 23.1 Å². The highest BCUT2D eigenvalue weighted by atomic mass is 32.2. The first-order valence-electron chi connectivity index (χ1n) is 5.27. The Balaban J connectivity index is 2.22. The molecular formula is C9H13N3O5S. The van der Waals surface area contributed by atoms with E-state index in [2.05, 4.69) is 9.97 Å². The molecule has 1 aliphatic heterocycles. The van der Waals surface area contributed by atoms with Gasteiger partial charge in [0.1, 0.15) is 5.82 Å². The van der Waals surface area contributed by atoms with E-state index >= 15 is 0 Å². The van der Waals surface area contributed by atoms with E-state index in [1.54, 1.807) is 6.92 Å². The molecule has 1 aromatic heterocycles. The summed E-state index contributed by atoms with van der Waals surface area (Å²) in [5, 5.41) is 8.79. The standard InChI is InChI=1S/C9H13N3O5S/c1-6-10-4-8(11-6)18(15,16)12-2-3-17-7(5-12)9(13)14/h4,7H,2-3,5H2,1H3,(H,10,11)(H,13,14). The summed E-state index contributed by atoms with van der Waals surface area (Å²) in [5.74, 6) is -0.688. The first-order chi connectivity index (χ1) is 8.41. The van der Waals surface area contributed by atoms with Gasteiger partial charge in [-0.2, -0.15) is 4.31 Å². The monoisotopic (exact) mass is 275 g/mol. The Bertz CT molecular complexity index is 552. The lowest BCUT2D eigenvalue weighted by molar-refractivity contribution is -0.153. The second kappa shape index (κ2) is 4.67. The average Bonchev–Trinajstić information content (AvgIpc) is 2.77. The van der Waals surface area contributed by atoms with Crippen LogP contribution in [0.2, 0.25) is 0 Å². The van der Waals surface area contributed by atoms with E-state index in [1.165, 1.54) is 6.20 Å². The smallest absolute Gasteiger partial charge is 0.334 e. The minimum Gasteiger partial charge on any atom is -0.479 e. The van der Waals surface area contributed by atoms with Crippen LogP contribution in [0.3, 0.4) is 0 Å². The fourth-order valence-corrected chi connectivity index (χ4v) is 3.05. The van der Waals surface area contributed by atoms with Gasteiger partial charge in [-0.1, -0.05) is 0 Å². The second-order valence-corrected chi connectivity index (χ2v) is 5.80. The highest BCUT2D eigenvalue weighted by Crippen LogP contribution is 2.17. The first kappa shape index (κ1) is 13.0. The van der Waals surface area contributed by atoms with Gasteiger partial charge in [0.25, 0.3) is 10.0 Å². The van der Waals surface area contributed by atoms with Crippen LogP contribution in [0.15, 0.2) is 11.2 Å². The van der Waals surface area contributed by atoms with E-state index in [-0.39, 0.29) is 24.7 Å². The summed E-state index contributed by atoms with van der Waals surface area (Å²) in [6, 6.07) is 0. The Morgan fingerprint density at radius 3 is 2.94 bits per heavy atom. The highest BCUT2D eigenvalue weighted by Gasteiger charge is 2.34. The van der Waals surface area contributed by atoms with Crippen molar-refractivity contribution in [3.8, 4) is 0 Å². The maximum atomic E-state index is 12.2. The van der Waals surface area contributed by atoms with E-state index in [0.717, 1.165) is 4.31 Å². The predicted molar refractivity (Wildman–Crippen MR) is 59.5 cm³/mol. The van der Waals surface area contributed by atoms with Gasteiger partial charge >= 0.3 is 5.97 Å². The van der Waals surface area contributed by atoms with Gasteiger partial charge in [0, 0.05) is 6.54 Å². The molecule has 2 heterocycles. The maximum Gasteiger partial charge on any atom is 0.334 e. The summed E-state index contributed by atoms with van der Waals surface area (Å²) in [6.07, 6.45) is 0.0909. The van der Waals surface area contributed by atoms with Gasteiger partial charge in [0.2, 0.25) is 0 Å². The Kier molecular flexibility index (Phi) is 3.37. The number of ether oxygens (including phenoxy) is 1. The Hall–Kier alpha value is -1.45. The lowest BCUT2D eigenvalue weighted by Crippen LogP contribution is -2.48. The van der Waals surface area contributed by atoms with E-state index in [0.29, 0.717) is 5.82 Å². The third kappa shape index (κ3) is 2.37. The molecular weight excluding hydrogens is 262 g/mol. The van der Waals surface area contributed by atoms with Crippen LogP contribution in [0.5, 0.6) is 0 Å². The maximum absolute atomic E-state index is 12.2. The number of morpholine rings is 1. The molecule has 0 radical (unpaired) electrons. The summed E-state index contributed by atoms with van der Waals surface area (Å²) >= 11 is 0. The molecule has 1 aliphatic rings. The number of carboxylic acid groups (broad SMARTS) is 1. The number of rotatable bonds is 3. The summed E-state index contributed by atoms with van der Waals surface area (Å²) in [6.45, 7) is 1.63. The SMILES string of the molecule is Cc1ncc(S(=O)(=O)N2CCOC(C(=O)O)C2)[nH]1. The zero-order chi connectivity index (χ0) is 13.3. The minimum atomic E-state index is -3.74. The number of hydrogen-bond acceptors (Lipinski definition) is 5. The lowest BCUT2D eigenvalue weighted by atomic mass is 10.3. The number of sulfonamides is 1. The first-order valence-corrected chi connectivity index (χ1v) is 6.71. The van der Waals surface area contributed by atoms with E-state index in [1.807, 2.05) is 0 Å². The van der Waals surface area contributed by atoms with Gasteiger partial charge in [-0.3, -0.25) is 0 Å². The summed E-state index contributed by atoms with van der Waals surface area (Å²) < 4.78 is 30.4. The van der Waals surface area contributed by atoms with Crippen molar-refractivity contribution in [1.29, 1.82) is 0 Å². The number of imidazole rings is 1. The average molecular weight is 275 g/mol. The van der Waals surface area contributed by atoms with Gasteiger partial charge in [-0.15, -0.1) is 0 Å². The molecule has 9 heteroatoms. The van der Waals surface area contributed by atoms with Crippen LogP contribution < -0.4 is 0 Å². The third-order valence-electron chi connectivity index (χ3n) is 2.60. The number of nitrogens with zero attached hydrogens (tertiary/aromatic N) is 2. The van der Waals surface area contributed by atoms with Gasteiger partial charge in [0.15, 0.2) is 11.1 Å². The van der Waals surface area contributed by atoms with Gasteiger partial charge in [-0.05, 0) is 6.92 Å². The van der Waals surface area contributed by atoms with Crippen LogP contribution in [-0.4, -0.2) is 59.6 Å². The fourth-order valence-electron chi connectivity index (χ4n) is 1.66. The molecule has 2 N–H and O–H groups in total. The van der Waals surface area contributed by atoms with Crippen LogP contribution in [-0.2, 0) is 19.6 Å². The molecule has 1 aromatic rings. The summed E-state index contributed by atoms with van der Waals surface area (Å²) in [5.41, 5.74) is 0. The number of aliphatic carboxylic acids is 1. The molecule has 100 valence electrons. The molecule has 0 aromatic carbocycles. The van der Waals surface area contributed by atoms with Gasteiger partial charge in [-0.25, -0.2) is 18.2 Å². The molecule has 8 nitrogen and oxygen atoms in total. The van der Waals surface area contributed by atoms with Gasteiger partial charge in [0.05, 0.1) is 19.3 Å². The summed E-state index contributed by atoms with van der Waals surface area (Å²) in [7, 11) is -3.74. The predicted octanol–water partition coefficient (Wildman–Crippen LogP) is -0.808. The number of H-pyrrole nitrogens is 1. The van der Waals surface area contributed by atoms with Crippen LogP contribution >= 0.6 is 0 Å². The zero-order valence-electron chi connectivity index (χ0n) is 9.66. The van der Waals surface area contributed by atoms with Crippen molar-refractivity contribution in [1.82, 2.24) is 14.3 Å². The molecule has 1 saturated heterocycles. The molecule has 18 heavy (non-hydrogen) atoms. The lowest BCUT2D eigenvalue weighted by Gasteiger charge is -2.29. The van der Waals surface area contributed by atoms with Crippen LogP contribution in [0.4, 0.5) is 0 Å². The number of carbonyl (C=O) groups is 1. The van der Waals surface area contributed by atoms with Crippen molar-refractivity contribution in [3.05, 3.63) is 12.0 Å². The Morgan fingerprint density at radius 1 is 1.67 bits per heavy atom. The summed E-state index contributed by atoms with van der Waals surface area (Å²) in [4.78, 5) is 17.3. The third-order valence-corrected chi connectivity index (χ3v) is 4.38. The topological polar surface area (TPSA) is 113 Å². The second-order valence-electron chi connectivity index (χ2n) is 3.89. The van der Waals surface area contributed by atoms with Gasteiger partial charge < -0.3 is 14.8 Å². The molecule has 0 amide bonds. The number of aryl methyl sites for hydroxylation is 1. The molecule has 1 fully saturated rings. The van der Waals surface area contributed by atoms with Crippen molar-refractivity contribution in [2.75, 3.05) is 19.7 Å². The number of aromatic nitrogens is 2. The van der Waals surface area contributed by atoms with E-state index in [9.17, 15) is 13.2 Å². The quantitative estimate of drug-likeness (QED) is 0.746. The van der Waals surface area contributed by atoms with Crippen LogP contribution in [0, 0.1) is 6.92 Å². The Labute approximate surface area is 104 Å². The molecule has 1 atom stereocenters. The van der Waals surface area contributed by atoms with Crippen molar-refractivity contribution in [3.63, 3.8) is 0 Å². The molecule has 2 rings (SSSR count). The van der Waals surface area contributed by atoms with E-state index < -0.39 is 22.1 Å². The minimum absolute atomic E-state index is 0.0361. The zero-order valence-corrected chi connectivity index (χ0v) is 10.5. The largest absolute Gasteiger partial charge is 0.479 e. The fraction of sp³-hybridized carbons (Fsp3) is 0.556. The molecule has 0 spiro atoms. The van der Waals surface area contributed by atoms with E-state index in [4.69, 9.17) is 9.84 Å². The molecule has 0 aliphatic carbocycles. The molecule has 0 bridgehead atoms. The normalized spacial score (nSPS) is 21.9. The van der Waals surface area contributed by atoms with Crippen molar-refractivity contribution >= 4 is 16.0 Å². The number of hydrogen-bond donors (Lipinski definition) is 2. The molecule has 0 saturated carbocycles. The number of nitrogens with one attached hydrogen (secondary N) is 1. The van der Waals surface area contributed by atoms with Crippen LogP contribution in [0.1, 0.15) is 5.82 Å². The van der Waals surface area contributed by atoms with Crippen LogP contribution in [0.25, 0.3) is 0 Å². The molecule has 1 unspecified atom stereocenters. The number of aromatic amines is 1. The number of carboxylic acids is 1. The van der Waals surface area contributed by atoms with Crippen molar-refractivity contribution in [2.45, 2.75) is 18.1 Å². The van der Waals surface area contributed by atoms with Crippen molar-refractivity contribution in [2.24, 2.45) is 0 Å².